The summed E-state index contributed by atoms with van der Waals surface area (Å²) in [6.07, 6.45) is 2.07. The highest BCUT2D eigenvalue weighted by Gasteiger charge is 2.34. The van der Waals surface area contributed by atoms with Crippen molar-refractivity contribution < 1.29 is 8.42 Å². The van der Waals surface area contributed by atoms with Crippen LogP contribution >= 0.6 is 10.7 Å². The van der Waals surface area contributed by atoms with E-state index in [4.69, 9.17) is 10.7 Å². The lowest BCUT2D eigenvalue weighted by Crippen LogP contribution is -2.24. The van der Waals surface area contributed by atoms with Crippen molar-refractivity contribution in [3.63, 3.8) is 0 Å². The predicted molar refractivity (Wildman–Crippen MR) is 64.6 cm³/mol. The maximum absolute atomic E-state index is 11.4. The SMILES string of the molecule is CC1CC(c2nnc(S(=O)(=O)Cl)n2C(C)C)C1. The largest absolute Gasteiger partial charge is 0.298 e. The summed E-state index contributed by atoms with van der Waals surface area (Å²) in [6, 6.07) is -0.0144. The topological polar surface area (TPSA) is 64.8 Å². The number of halogens is 1. The Kier molecular flexibility index (Phi) is 3.20. The Morgan fingerprint density at radius 2 is 1.94 bits per heavy atom. The van der Waals surface area contributed by atoms with Crippen LogP contribution in [0.25, 0.3) is 0 Å². The molecular weight excluding hydrogens is 262 g/mol. The van der Waals surface area contributed by atoms with Crippen LogP contribution in [0.1, 0.15) is 51.4 Å². The van der Waals surface area contributed by atoms with Crippen LogP contribution in [-0.2, 0) is 9.05 Å². The van der Waals surface area contributed by atoms with Gasteiger partial charge in [-0.25, -0.2) is 8.42 Å². The third kappa shape index (κ3) is 2.33. The highest BCUT2D eigenvalue weighted by molar-refractivity contribution is 8.13. The lowest BCUT2D eigenvalue weighted by molar-refractivity contribution is 0.266. The molecule has 2 rings (SSSR count). The summed E-state index contributed by atoms with van der Waals surface area (Å²) in [5.41, 5.74) is 0. The minimum Gasteiger partial charge on any atom is -0.298 e. The molecule has 0 spiro atoms. The van der Waals surface area contributed by atoms with Gasteiger partial charge in [0.25, 0.3) is 14.2 Å². The van der Waals surface area contributed by atoms with Crippen LogP contribution in [0.2, 0.25) is 0 Å². The van der Waals surface area contributed by atoms with E-state index in [0.717, 1.165) is 18.7 Å². The summed E-state index contributed by atoms with van der Waals surface area (Å²) in [5, 5.41) is 7.60. The molecule has 0 saturated heterocycles. The summed E-state index contributed by atoms with van der Waals surface area (Å²) in [7, 11) is 1.54. The third-order valence-electron chi connectivity index (χ3n) is 3.16. The van der Waals surface area contributed by atoms with E-state index < -0.39 is 9.05 Å². The fraction of sp³-hybridized carbons (Fsp3) is 0.800. The number of rotatable bonds is 3. The zero-order valence-corrected chi connectivity index (χ0v) is 11.7. The van der Waals surface area contributed by atoms with Gasteiger partial charge >= 0.3 is 0 Å². The zero-order valence-electron chi connectivity index (χ0n) is 10.1. The summed E-state index contributed by atoms with van der Waals surface area (Å²) in [5.74, 6) is 1.73. The molecule has 0 atom stereocenters. The van der Waals surface area contributed by atoms with Gasteiger partial charge < -0.3 is 0 Å². The van der Waals surface area contributed by atoms with Crippen LogP contribution in [0, 0.1) is 5.92 Å². The van der Waals surface area contributed by atoms with Gasteiger partial charge in [-0.2, -0.15) is 0 Å². The van der Waals surface area contributed by atoms with Gasteiger partial charge in [0.05, 0.1) is 0 Å². The molecule has 7 heteroatoms. The fourth-order valence-electron chi connectivity index (χ4n) is 2.33. The van der Waals surface area contributed by atoms with Crippen molar-refractivity contribution in [1.82, 2.24) is 14.8 Å². The molecule has 1 fully saturated rings. The normalized spacial score (nSPS) is 25.0. The fourth-order valence-corrected chi connectivity index (χ4v) is 3.32. The summed E-state index contributed by atoms with van der Waals surface area (Å²) in [6.45, 7) is 5.98. The first-order valence-corrected chi connectivity index (χ1v) is 8.01. The van der Waals surface area contributed by atoms with Gasteiger partial charge in [-0.1, -0.05) is 6.92 Å². The van der Waals surface area contributed by atoms with E-state index in [1.807, 2.05) is 13.8 Å². The molecule has 1 aliphatic carbocycles. The van der Waals surface area contributed by atoms with Gasteiger partial charge in [-0.05, 0) is 32.6 Å². The zero-order chi connectivity index (χ0) is 12.8. The van der Waals surface area contributed by atoms with Gasteiger partial charge in [-0.15, -0.1) is 10.2 Å². The van der Waals surface area contributed by atoms with Gasteiger partial charge in [0.2, 0.25) is 0 Å². The van der Waals surface area contributed by atoms with Crippen molar-refractivity contribution in [2.75, 3.05) is 0 Å². The van der Waals surface area contributed by atoms with E-state index >= 15 is 0 Å². The molecule has 0 N–H and O–H groups in total. The molecule has 0 aliphatic heterocycles. The first-order chi connectivity index (χ1) is 7.80. The van der Waals surface area contributed by atoms with E-state index in [0.29, 0.717) is 11.8 Å². The molecule has 1 aliphatic rings. The minimum atomic E-state index is -3.83. The third-order valence-corrected chi connectivity index (χ3v) is 4.29. The van der Waals surface area contributed by atoms with E-state index in [-0.39, 0.29) is 11.2 Å². The quantitative estimate of drug-likeness (QED) is 0.795. The van der Waals surface area contributed by atoms with Crippen molar-refractivity contribution in [3.8, 4) is 0 Å². The van der Waals surface area contributed by atoms with Crippen molar-refractivity contribution in [2.24, 2.45) is 5.92 Å². The molecular formula is C10H16ClN3O2S. The average molecular weight is 278 g/mol. The van der Waals surface area contributed by atoms with E-state index in [1.165, 1.54) is 0 Å². The highest BCUT2D eigenvalue weighted by atomic mass is 35.7. The minimum absolute atomic E-state index is 0.0144. The first-order valence-electron chi connectivity index (χ1n) is 5.70. The summed E-state index contributed by atoms with van der Waals surface area (Å²) >= 11 is 0. The van der Waals surface area contributed by atoms with Crippen LogP contribution in [0.4, 0.5) is 0 Å². The Balaban J connectivity index is 2.44. The second-order valence-electron chi connectivity index (χ2n) is 5.02. The molecule has 1 saturated carbocycles. The predicted octanol–water partition coefficient (Wildman–Crippen LogP) is 2.30. The standard InChI is InChI=1S/C10H16ClN3O2S/c1-6(2)14-9(8-4-7(3)5-8)12-13-10(14)17(11,15)16/h6-8H,4-5H2,1-3H3. The van der Waals surface area contributed by atoms with Gasteiger partial charge in [0, 0.05) is 22.6 Å². The molecule has 0 radical (unpaired) electrons. The Morgan fingerprint density at radius 3 is 2.35 bits per heavy atom. The van der Waals surface area contributed by atoms with Crippen LogP contribution in [-0.4, -0.2) is 23.2 Å². The number of aromatic nitrogens is 3. The molecule has 0 bridgehead atoms. The van der Waals surface area contributed by atoms with E-state index in [9.17, 15) is 8.42 Å². The molecule has 1 heterocycles. The molecule has 1 aromatic heterocycles. The average Bonchev–Trinajstić information content (AvgIpc) is 2.55. The van der Waals surface area contributed by atoms with Crippen LogP contribution in [0.15, 0.2) is 5.16 Å². The Hall–Kier alpha value is -0.620. The summed E-state index contributed by atoms with van der Waals surface area (Å²) < 4.78 is 24.5. The second-order valence-corrected chi connectivity index (χ2v) is 7.48. The van der Waals surface area contributed by atoms with E-state index in [1.54, 1.807) is 4.57 Å². The molecule has 0 aromatic carbocycles. The smallest absolute Gasteiger partial charge is 0.296 e. The Labute approximate surface area is 106 Å². The van der Waals surface area contributed by atoms with Gasteiger partial charge in [-0.3, -0.25) is 4.57 Å². The second kappa shape index (κ2) is 4.24. The maximum atomic E-state index is 11.4. The monoisotopic (exact) mass is 277 g/mol. The van der Waals surface area contributed by atoms with E-state index in [2.05, 4.69) is 17.1 Å². The lowest BCUT2D eigenvalue weighted by atomic mass is 9.75. The molecule has 0 amide bonds. The van der Waals surface area contributed by atoms with Crippen LogP contribution in [0.5, 0.6) is 0 Å². The first kappa shape index (κ1) is 12.8. The van der Waals surface area contributed by atoms with Crippen molar-refractivity contribution in [2.45, 2.75) is 50.7 Å². The number of hydrogen-bond acceptors (Lipinski definition) is 4. The van der Waals surface area contributed by atoms with Crippen LogP contribution < -0.4 is 0 Å². The Bertz CT molecular complexity index is 518. The Morgan fingerprint density at radius 1 is 1.35 bits per heavy atom. The highest BCUT2D eigenvalue weighted by Crippen LogP contribution is 2.41. The molecule has 0 unspecified atom stereocenters. The molecule has 5 nitrogen and oxygen atoms in total. The maximum Gasteiger partial charge on any atom is 0.296 e. The van der Waals surface area contributed by atoms with Crippen molar-refractivity contribution in [1.29, 1.82) is 0 Å². The lowest BCUT2D eigenvalue weighted by Gasteiger charge is -2.32. The van der Waals surface area contributed by atoms with Crippen molar-refractivity contribution >= 4 is 19.7 Å². The van der Waals surface area contributed by atoms with Gasteiger partial charge in [0.1, 0.15) is 5.82 Å². The van der Waals surface area contributed by atoms with Gasteiger partial charge in [0.15, 0.2) is 0 Å². The van der Waals surface area contributed by atoms with Crippen molar-refractivity contribution in [3.05, 3.63) is 5.82 Å². The molecule has 1 aromatic rings. The summed E-state index contributed by atoms with van der Waals surface area (Å²) in [4.78, 5) is 0. The van der Waals surface area contributed by atoms with Crippen LogP contribution in [0.3, 0.4) is 0 Å². The number of hydrogen-bond donors (Lipinski definition) is 0. The molecule has 96 valence electrons. The molecule has 17 heavy (non-hydrogen) atoms. The number of nitrogens with zero attached hydrogens (tertiary/aromatic N) is 3.